The Morgan fingerprint density at radius 1 is 1.37 bits per heavy atom. The molecular formula is C16H21NO2. The second-order valence-electron chi connectivity index (χ2n) is 4.54. The van der Waals surface area contributed by atoms with Crippen LogP contribution < -0.4 is 5.32 Å². The van der Waals surface area contributed by atoms with E-state index in [2.05, 4.69) is 11.9 Å². The molecule has 1 amide bonds. The van der Waals surface area contributed by atoms with Crippen LogP contribution in [0.2, 0.25) is 0 Å². The van der Waals surface area contributed by atoms with Gasteiger partial charge in [0.15, 0.2) is 0 Å². The fraction of sp³-hybridized carbons (Fsp3) is 0.312. The molecule has 1 rings (SSSR count). The molecule has 0 aliphatic heterocycles. The zero-order valence-electron chi connectivity index (χ0n) is 11.6. The molecule has 0 atom stereocenters. The molecule has 0 aromatic heterocycles. The van der Waals surface area contributed by atoms with E-state index >= 15 is 0 Å². The predicted molar refractivity (Wildman–Crippen MR) is 78.9 cm³/mol. The molecule has 0 saturated heterocycles. The second kappa shape index (κ2) is 8.27. The summed E-state index contributed by atoms with van der Waals surface area (Å²) in [6, 6.07) is 8.00. The summed E-state index contributed by atoms with van der Waals surface area (Å²) in [4.78, 5) is 11.5. The van der Waals surface area contributed by atoms with Crippen molar-refractivity contribution in [2.75, 3.05) is 19.8 Å². The molecule has 3 nitrogen and oxygen atoms in total. The highest BCUT2D eigenvalue weighted by Gasteiger charge is 1.95. The molecule has 0 saturated carbocycles. The van der Waals surface area contributed by atoms with E-state index in [0.717, 1.165) is 11.1 Å². The molecule has 1 N–H and O–H groups in total. The van der Waals surface area contributed by atoms with Crippen molar-refractivity contribution < 1.29 is 9.53 Å². The first kappa shape index (κ1) is 15.2. The van der Waals surface area contributed by atoms with Crippen LogP contribution in [0.5, 0.6) is 0 Å². The summed E-state index contributed by atoms with van der Waals surface area (Å²) in [5.74, 6) is -0.112. The smallest absolute Gasteiger partial charge is 0.244 e. The third-order valence-corrected chi connectivity index (χ3v) is 2.40. The van der Waals surface area contributed by atoms with Crippen LogP contribution in [-0.4, -0.2) is 25.7 Å². The lowest BCUT2D eigenvalue weighted by Gasteiger charge is -2.04. The third-order valence-electron chi connectivity index (χ3n) is 2.40. The zero-order chi connectivity index (χ0) is 14.1. The monoisotopic (exact) mass is 259 g/mol. The van der Waals surface area contributed by atoms with Gasteiger partial charge in [-0.2, -0.15) is 0 Å². The minimum absolute atomic E-state index is 0.112. The van der Waals surface area contributed by atoms with E-state index in [-0.39, 0.29) is 5.91 Å². The summed E-state index contributed by atoms with van der Waals surface area (Å²) < 4.78 is 5.28. The average molecular weight is 259 g/mol. The van der Waals surface area contributed by atoms with E-state index in [1.54, 1.807) is 6.08 Å². The van der Waals surface area contributed by atoms with Gasteiger partial charge in [0.25, 0.3) is 0 Å². The van der Waals surface area contributed by atoms with Gasteiger partial charge in [0.1, 0.15) is 0 Å². The summed E-state index contributed by atoms with van der Waals surface area (Å²) in [5.41, 5.74) is 3.20. The van der Waals surface area contributed by atoms with Crippen molar-refractivity contribution in [3.05, 3.63) is 53.6 Å². The lowest BCUT2D eigenvalue weighted by molar-refractivity contribution is -0.116. The topological polar surface area (TPSA) is 38.3 Å². The number of hydrogen-bond donors (Lipinski definition) is 1. The van der Waals surface area contributed by atoms with Gasteiger partial charge >= 0.3 is 0 Å². The number of carbonyl (C=O) groups is 1. The molecule has 3 heteroatoms. The normalized spacial score (nSPS) is 10.6. The van der Waals surface area contributed by atoms with Gasteiger partial charge in [-0.05, 0) is 25.5 Å². The fourth-order valence-corrected chi connectivity index (χ4v) is 1.40. The molecule has 0 heterocycles. The number of aryl methyl sites for hydroxylation is 1. The van der Waals surface area contributed by atoms with Crippen molar-refractivity contribution in [2.24, 2.45) is 0 Å². The number of hydrogen-bond acceptors (Lipinski definition) is 2. The highest BCUT2D eigenvalue weighted by Crippen LogP contribution is 2.04. The van der Waals surface area contributed by atoms with Crippen LogP contribution in [0.25, 0.3) is 6.08 Å². The Balaban J connectivity index is 2.23. The molecule has 0 spiro atoms. The van der Waals surface area contributed by atoms with Crippen LogP contribution in [0.4, 0.5) is 0 Å². The summed E-state index contributed by atoms with van der Waals surface area (Å²) >= 11 is 0. The van der Waals surface area contributed by atoms with Gasteiger partial charge in [-0.1, -0.05) is 42.0 Å². The molecule has 19 heavy (non-hydrogen) atoms. The van der Waals surface area contributed by atoms with E-state index in [9.17, 15) is 4.79 Å². The quantitative estimate of drug-likeness (QED) is 0.464. The minimum Gasteiger partial charge on any atom is -0.375 e. The molecular weight excluding hydrogens is 238 g/mol. The number of rotatable bonds is 7. The van der Waals surface area contributed by atoms with Crippen molar-refractivity contribution in [2.45, 2.75) is 13.8 Å². The van der Waals surface area contributed by atoms with Crippen molar-refractivity contribution in [3.8, 4) is 0 Å². The third kappa shape index (κ3) is 7.21. The Hall–Kier alpha value is -1.87. The molecule has 1 aromatic carbocycles. The summed E-state index contributed by atoms with van der Waals surface area (Å²) in [6.45, 7) is 9.21. The number of carbonyl (C=O) groups excluding carboxylic acids is 1. The van der Waals surface area contributed by atoms with Crippen molar-refractivity contribution in [1.29, 1.82) is 0 Å². The molecule has 0 unspecified atom stereocenters. The van der Waals surface area contributed by atoms with Crippen LogP contribution in [0.3, 0.4) is 0 Å². The standard InChI is InChI=1S/C16H21NO2/c1-13(2)12-19-11-10-17-16(18)9-8-15-6-4-14(3)5-7-15/h4-9H,1,10-12H2,2-3H3,(H,17,18)/b9-8+. The van der Waals surface area contributed by atoms with E-state index in [1.165, 1.54) is 11.6 Å². The van der Waals surface area contributed by atoms with Gasteiger partial charge in [0, 0.05) is 12.6 Å². The lowest BCUT2D eigenvalue weighted by Crippen LogP contribution is -2.25. The van der Waals surface area contributed by atoms with Gasteiger partial charge in [-0.25, -0.2) is 0 Å². The van der Waals surface area contributed by atoms with E-state index in [1.807, 2.05) is 38.1 Å². The van der Waals surface area contributed by atoms with Crippen LogP contribution in [0.1, 0.15) is 18.1 Å². The Morgan fingerprint density at radius 3 is 2.68 bits per heavy atom. The van der Waals surface area contributed by atoms with Crippen LogP contribution in [0, 0.1) is 6.92 Å². The first-order chi connectivity index (χ1) is 9.08. The highest BCUT2D eigenvalue weighted by molar-refractivity contribution is 5.91. The molecule has 0 fully saturated rings. The Morgan fingerprint density at radius 2 is 2.05 bits per heavy atom. The van der Waals surface area contributed by atoms with Crippen LogP contribution in [-0.2, 0) is 9.53 Å². The minimum atomic E-state index is -0.112. The maximum absolute atomic E-state index is 11.5. The Bertz CT molecular complexity index is 446. The molecule has 102 valence electrons. The van der Waals surface area contributed by atoms with E-state index in [4.69, 9.17) is 4.74 Å². The summed E-state index contributed by atoms with van der Waals surface area (Å²) in [5, 5.41) is 2.76. The van der Waals surface area contributed by atoms with Gasteiger partial charge < -0.3 is 10.1 Å². The first-order valence-corrected chi connectivity index (χ1v) is 6.32. The SMILES string of the molecule is C=C(C)COCCNC(=O)/C=C/c1ccc(C)cc1. The van der Waals surface area contributed by atoms with E-state index in [0.29, 0.717) is 19.8 Å². The largest absolute Gasteiger partial charge is 0.375 e. The Kier molecular flexibility index (Phi) is 6.61. The fourth-order valence-electron chi connectivity index (χ4n) is 1.40. The highest BCUT2D eigenvalue weighted by atomic mass is 16.5. The average Bonchev–Trinajstić information content (AvgIpc) is 2.37. The summed E-state index contributed by atoms with van der Waals surface area (Å²) in [6.07, 6.45) is 3.33. The lowest BCUT2D eigenvalue weighted by atomic mass is 10.1. The zero-order valence-corrected chi connectivity index (χ0v) is 11.6. The summed E-state index contributed by atoms with van der Waals surface area (Å²) in [7, 11) is 0. The first-order valence-electron chi connectivity index (χ1n) is 6.32. The number of benzene rings is 1. The number of amides is 1. The van der Waals surface area contributed by atoms with Crippen molar-refractivity contribution >= 4 is 12.0 Å². The molecule has 1 aromatic rings. The maximum Gasteiger partial charge on any atom is 0.244 e. The van der Waals surface area contributed by atoms with Gasteiger partial charge in [0.2, 0.25) is 5.91 Å². The van der Waals surface area contributed by atoms with E-state index < -0.39 is 0 Å². The predicted octanol–water partition coefficient (Wildman–Crippen LogP) is 2.72. The van der Waals surface area contributed by atoms with Gasteiger partial charge in [0.05, 0.1) is 13.2 Å². The van der Waals surface area contributed by atoms with Crippen LogP contribution >= 0.6 is 0 Å². The number of nitrogens with one attached hydrogen (secondary N) is 1. The molecule has 0 radical (unpaired) electrons. The van der Waals surface area contributed by atoms with Crippen molar-refractivity contribution in [3.63, 3.8) is 0 Å². The van der Waals surface area contributed by atoms with Gasteiger partial charge in [-0.3, -0.25) is 4.79 Å². The van der Waals surface area contributed by atoms with Crippen LogP contribution in [0.15, 0.2) is 42.5 Å². The Labute approximate surface area is 115 Å². The molecule has 0 bridgehead atoms. The maximum atomic E-state index is 11.5. The molecule has 0 aliphatic carbocycles. The van der Waals surface area contributed by atoms with Crippen molar-refractivity contribution in [1.82, 2.24) is 5.32 Å². The van der Waals surface area contributed by atoms with Gasteiger partial charge in [-0.15, -0.1) is 0 Å². The number of ether oxygens (including phenoxy) is 1. The molecule has 0 aliphatic rings. The second-order valence-corrected chi connectivity index (χ2v) is 4.54.